The smallest absolute Gasteiger partial charge is 0.0779 e. The van der Waals surface area contributed by atoms with Gasteiger partial charge in [0.25, 0.3) is 0 Å². The first-order valence-corrected chi connectivity index (χ1v) is 2.78. The summed E-state index contributed by atoms with van der Waals surface area (Å²) in [5.74, 6) is 0. The summed E-state index contributed by atoms with van der Waals surface area (Å²) in [5.41, 5.74) is 3.27. The van der Waals surface area contributed by atoms with Crippen LogP contribution in [-0.4, -0.2) is 11.9 Å². The summed E-state index contributed by atoms with van der Waals surface area (Å²) in [6.07, 6.45) is 3.46. The zero-order chi connectivity index (χ0) is 7.11. The van der Waals surface area contributed by atoms with Crippen molar-refractivity contribution < 1.29 is 0 Å². The molecule has 3 nitrogen and oxygen atoms in total. The van der Waals surface area contributed by atoms with E-state index in [9.17, 15) is 0 Å². The zero-order valence-corrected chi connectivity index (χ0v) is 5.52. The van der Waals surface area contributed by atoms with Crippen LogP contribution in [0.2, 0.25) is 0 Å². The third-order valence-corrected chi connectivity index (χ3v) is 0.828. The number of rotatable bonds is 4. The van der Waals surface area contributed by atoms with Gasteiger partial charge < -0.3 is 5.41 Å². The Morgan fingerprint density at radius 1 is 1.89 bits per heavy atom. The fraction of sp³-hybridized carbons (Fsp3) is 0.333. The number of hydrogen-bond acceptors (Lipinski definition) is 3. The van der Waals surface area contributed by atoms with E-state index in [0.717, 1.165) is 12.1 Å². The average molecular weight is 125 g/mol. The van der Waals surface area contributed by atoms with Gasteiger partial charge in [-0.1, -0.05) is 13.5 Å². The summed E-state index contributed by atoms with van der Waals surface area (Å²) >= 11 is 0. The van der Waals surface area contributed by atoms with Crippen LogP contribution in [0.4, 0.5) is 0 Å². The van der Waals surface area contributed by atoms with E-state index in [4.69, 9.17) is 5.41 Å². The van der Waals surface area contributed by atoms with Gasteiger partial charge in [0.15, 0.2) is 0 Å². The maximum atomic E-state index is 6.81. The van der Waals surface area contributed by atoms with Gasteiger partial charge in [-0.15, -0.1) is 0 Å². The highest BCUT2D eigenvalue weighted by Crippen LogP contribution is 1.78. The second-order valence-electron chi connectivity index (χ2n) is 1.43. The molecule has 9 heavy (non-hydrogen) atoms. The minimum Gasteiger partial charge on any atom is -0.307 e. The zero-order valence-electron chi connectivity index (χ0n) is 5.52. The van der Waals surface area contributed by atoms with Crippen LogP contribution in [0, 0.1) is 5.41 Å². The Hall–Kier alpha value is -1.12. The molecule has 0 saturated carbocycles. The summed E-state index contributed by atoms with van der Waals surface area (Å²) in [6.45, 7) is 5.35. The molecule has 0 radical (unpaired) electrons. The van der Waals surface area contributed by atoms with Gasteiger partial charge in [0.05, 0.1) is 5.71 Å². The highest BCUT2D eigenvalue weighted by molar-refractivity contribution is 6.29. The van der Waals surface area contributed by atoms with Gasteiger partial charge in [0.1, 0.15) is 0 Å². The topological polar surface area (TPSA) is 48.2 Å². The molecule has 0 aliphatic heterocycles. The number of nitrogens with one attached hydrogen (secondary N) is 2. The summed E-state index contributed by atoms with van der Waals surface area (Å²) < 4.78 is 0. The van der Waals surface area contributed by atoms with E-state index in [1.54, 1.807) is 0 Å². The lowest BCUT2D eigenvalue weighted by atomic mass is 10.3. The van der Waals surface area contributed by atoms with Crippen LogP contribution in [-0.2, 0) is 0 Å². The Balaban J connectivity index is 3.74. The Morgan fingerprint density at radius 3 is 2.89 bits per heavy atom. The maximum Gasteiger partial charge on any atom is 0.0779 e. The Kier molecular flexibility index (Phi) is 4.40. The van der Waals surface area contributed by atoms with E-state index in [-0.39, 0.29) is 0 Å². The van der Waals surface area contributed by atoms with Crippen LogP contribution < -0.4 is 5.43 Å². The largest absolute Gasteiger partial charge is 0.307 e. The molecule has 0 unspecified atom stereocenters. The van der Waals surface area contributed by atoms with Gasteiger partial charge in [0, 0.05) is 12.4 Å². The lowest BCUT2D eigenvalue weighted by Gasteiger charge is -1.92. The van der Waals surface area contributed by atoms with E-state index in [0.29, 0.717) is 0 Å². The fourth-order valence-corrected chi connectivity index (χ4v) is 0.342. The first kappa shape index (κ1) is 7.88. The molecule has 3 heteroatoms. The Labute approximate surface area is 55.0 Å². The molecule has 0 fully saturated rings. The minimum absolute atomic E-state index is 0.718. The van der Waals surface area contributed by atoms with E-state index in [1.165, 1.54) is 12.4 Å². The lowest BCUT2D eigenvalue weighted by Crippen LogP contribution is -2.03. The second kappa shape index (κ2) is 5.03. The van der Waals surface area contributed by atoms with E-state index < -0.39 is 0 Å². The van der Waals surface area contributed by atoms with Crippen LogP contribution in [0.25, 0.3) is 0 Å². The number of nitrogens with zero attached hydrogens (tertiary/aromatic N) is 1. The molecule has 0 aromatic heterocycles. The molecule has 2 N–H and O–H groups in total. The highest BCUT2D eigenvalue weighted by Gasteiger charge is 1.84. The van der Waals surface area contributed by atoms with Crippen LogP contribution in [0.15, 0.2) is 17.9 Å². The molecular weight excluding hydrogens is 114 g/mol. The quantitative estimate of drug-likeness (QED) is 0.429. The molecule has 0 heterocycles. The SMILES string of the molecule is C=CNN=C(C=N)CC. The third kappa shape index (κ3) is 3.46. The van der Waals surface area contributed by atoms with Crippen molar-refractivity contribution in [1.82, 2.24) is 5.43 Å². The third-order valence-electron chi connectivity index (χ3n) is 0.828. The van der Waals surface area contributed by atoms with Crippen LogP contribution in [0.3, 0.4) is 0 Å². The van der Waals surface area contributed by atoms with Crippen molar-refractivity contribution in [3.8, 4) is 0 Å². The molecule has 0 aliphatic carbocycles. The minimum atomic E-state index is 0.718. The Morgan fingerprint density at radius 2 is 2.56 bits per heavy atom. The molecule has 0 rings (SSSR count). The van der Waals surface area contributed by atoms with E-state index >= 15 is 0 Å². The lowest BCUT2D eigenvalue weighted by molar-refractivity contribution is 0.964. The molecule has 0 aliphatic rings. The summed E-state index contributed by atoms with van der Waals surface area (Å²) in [6, 6.07) is 0. The summed E-state index contributed by atoms with van der Waals surface area (Å²) in [7, 11) is 0. The number of hydrazone groups is 1. The van der Waals surface area contributed by atoms with Crippen LogP contribution in [0.5, 0.6) is 0 Å². The first-order chi connectivity index (χ1) is 4.35. The molecule has 0 saturated heterocycles. The van der Waals surface area contributed by atoms with Gasteiger partial charge in [-0.25, -0.2) is 0 Å². The second-order valence-corrected chi connectivity index (χ2v) is 1.43. The van der Waals surface area contributed by atoms with Gasteiger partial charge >= 0.3 is 0 Å². The fourth-order valence-electron chi connectivity index (χ4n) is 0.342. The van der Waals surface area contributed by atoms with Crippen LogP contribution >= 0.6 is 0 Å². The molecule has 0 spiro atoms. The van der Waals surface area contributed by atoms with E-state index in [1.807, 2.05) is 6.92 Å². The van der Waals surface area contributed by atoms with Crippen molar-refractivity contribution in [3.63, 3.8) is 0 Å². The number of hydrogen-bond donors (Lipinski definition) is 2. The highest BCUT2D eigenvalue weighted by atomic mass is 15.3. The molecule has 0 bridgehead atoms. The van der Waals surface area contributed by atoms with Crippen molar-refractivity contribution in [3.05, 3.63) is 12.8 Å². The van der Waals surface area contributed by atoms with Crippen LogP contribution in [0.1, 0.15) is 13.3 Å². The van der Waals surface area contributed by atoms with Crippen molar-refractivity contribution in [2.75, 3.05) is 0 Å². The molecule has 50 valence electrons. The van der Waals surface area contributed by atoms with Gasteiger partial charge in [-0.3, -0.25) is 5.43 Å². The Bertz CT molecular complexity index is 126. The molecular formula is C6H11N3. The molecule has 0 amide bonds. The van der Waals surface area contributed by atoms with Gasteiger partial charge in [-0.2, -0.15) is 5.10 Å². The molecule has 0 aromatic rings. The van der Waals surface area contributed by atoms with E-state index in [2.05, 4.69) is 17.1 Å². The molecule has 0 aromatic carbocycles. The standard InChI is InChI=1S/C6H11N3/c1-3-6(5-7)9-8-4-2/h4-5,7-8H,2-3H2,1H3. The monoisotopic (exact) mass is 125 g/mol. The average Bonchev–Trinajstić information content (AvgIpc) is 1.91. The predicted octanol–water partition coefficient (Wildman–Crippen LogP) is 1.14. The normalized spacial score (nSPS) is 10.6. The maximum absolute atomic E-state index is 6.81. The predicted molar refractivity (Wildman–Crippen MR) is 39.8 cm³/mol. The van der Waals surface area contributed by atoms with Crippen molar-refractivity contribution in [1.29, 1.82) is 5.41 Å². The summed E-state index contributed by atoms with van der Waals surface area (Å²) in [5, 5.41) is 10.6. The van der Waals surface area contributed by atoms with Gasteiger partial charge in [0.2, 0.25) is 0 Å². The van der Waals surface area contributed by atoms with Crippen molar-refractivity contribution in [2.45, 2.75) is 13.3 Å². The first-order valence-electron chi connectivity index (χ1n) is 2.78. The van der Waals surface area contributed by atoms with Crippen molar-refractivity contribution >= 4 is 11.9 Å². The van der Waals surface area contributed by atoms with Crippen molar-refractivity contribution in [2.24, 2.45) is 5.10 Å². The van der Waals surface area contributed by atoms with Gasteiger partial charge in [-0.05, 0) is 6.42 Å². The molecule has 0 atom stereocenters. The summed E-state index contributed by atoms with van der Waals surface area (Å²) in [4.78, 5) is 0.